The summed E-state index contributed by atoms with van der Waals surface area (Å²) in [6.45, 7) is 6.29. The number of ether oxygens (including phenoxy) is 1. The molecular formula is C37H44F4N6O5S2. The first-order valence-electron chi connectivity index (χ1n) is 18.2. The Kier molecular flexibility index (Phi) is 11.5. The number of morpholine rings is 1. The summed E-state index contributed by atoms with van der Waals surface area (Å²) in [5.74, 6) is -0.438. The second-order valence-electron chi connectivity index (χ2n) is 14.3. The van der Waals surface area contributed by atoms with E-state index in [0.717, 1.165) is 72.2 Å². The second kappa shape index (κ2) is 16.0. The smallest absolute Gasteiger partial charge is 0.390 e. The summed E-state index contributed by atoms with van der Waals surface area (Å²) in [7, 11) is -3.53. The first kappa shape index (κ1) is 38.8. The zero-order valence-electron chi connectivity index (χ0n) is 29.9. The molecule has 1 amide bonds. The average molecular weight is 793 g/mol. The third kappa shape index (κ3) is 8.67. The number of sulfonamides is 1. The molecule has 0 saturated carbocycles. The van der Waals surface area contributed by atoms with Crippen LogP contribution in [-0.4, -0.2) is 121 Å². The summed E-state index contributed by atoms with van der Waals surface area (Å²) in [4.78, 5) is 18.6. The van der Waals surface area contributed by atoms with Gasteiger partial charge in [0.15, 0.2) is 0 Å². The van der Waals surface area contributed by atoms with E-state index in [1.807, 2.05) is 0 Å². The molecule has 1 unspecified atom stereocenters. The Morgan fingerprint density at radius 3 is 2.44 bits per heavy atom. The minimum atomic E-state index is -4.50. The van der Waals surface area contributed by atoms with Crippen LogP contribution in [0.15, 0.2) is 42.5 Å². The van der Waals surface area contributed by atoms with Crippen molar-refractivity contribution in [3.8, 4) is 11.3 Å². The molecule has 5 heterocycles. The van der Waals surface area contributed by atoms with E-state index in [9.17, 15) is 35.9 Å². The van der Waals surface area contributed by atoms with Crippen molar-refractivity contribution in [2.45, 2.75) is 50.6 Å². The maximum absolute atomic E-state index is 14.2. The number of β-amino-alcohol motifs (C(OH)–C–C–N with tert-alkyl or cyclic N) is 1. The van der Waals surface area contributed by atoms with Crippen LogP contribution in [0.25, 0.3) is 21.3 Å². The average Bonchev–Trinajstić information content (AvgIpc) is 3.69. The SMILES string of the molecule is CS(=O)(=O)N1CCc2c(c(-c3ccc(C(F)(F)F)cc3)nn2CC(O)CN2CCC(c3c(C(=O)NCCN4CCOCC4)sc4cc(F)ccc34)CC2)C1. The molecule has 2 aromatic carbocycles. The summed E-state index contributed by atoms with van der Waals surface area (Å²) in [6, 6.07) is 9.31. The molecule has 17 heteroatoms. The molecule has 3 aliphatic heterocycles. The van der Waals surface area contributed by atoms with Gasteiger partial charge >= 0.3 is 6.18 Å². The van der Waals surface area contributed by atoms with Gasteiger partial charge in [-0.1, -0.05) is 18.2 Å². The van der Waals surface area contributed by atoms with Gasteiger partial charge in [0.1, 0.15) is 5.82 Å². The van der Waals surface area contributed by atoms with E-state index in [4.69, 9.17) is 9.84 Å². The van der Waals surface area contributed by atoms with Crippen LogP contribution in [0.3, 0.4) is 0 Å². The predicted molar refractivity (Wildman–Crippen MR) is 197 cm³/mol. The fourth-order valence-corrected chi connectivity index (χ4v) is 9.82. The summed E-state index contributed by atoms with van der Waals surface area (Å²) in [5, 5.41) is 20.0. The molecule has 0 radical (unpaired) electrons. The Labute approximate surface area is 315 Å². The lowest BCUT2D eigenvalue weighted by Crippen LogP contribution is -2.41. The van der Waals surface area contributed by atoms with Crippen LogP contribution < -0.4 is 5.32 Å². The molecule has 4 aromatic rings. The number of rotatable bonds is 11. The lowest BCUT2D eigenvalue weighted by atomic mass is 9.87. The molecule has 54 heavy (non-hydrogen) atoms. The minimum absolute atomic E-state index is 0.0337. The number of fused-ring (bicyclic) bond motifs is 2. The van der Waals surface area contributed by atoms with Crippen molar-refractivity contribution in [1.82, 2.24) is 29.2 Å². The number of nitrogens with zero attached hydrogens (tertiary/aromatic N) is 5. The Morgan fingerprint density at radius 2 is 1.76 bits per heavy atom. The number of likely N-dealkylation sites (tertiary alicyclic amines) is 1. The van der Waals surface area contributed by atoms with Crippen LogP contribution in [0, 0.1) is 5.82 Å². The molecule has 2 N–H and O–H groups in total. The Bertz CT molecular complexity index is 2070. The van der Waals surface area contributed by atoms with Gasteiger partial charge in [-0.2, -0.15) is 22.6 Å². The lowest BCUT2D eigenvalue weighted by Gasteiger charge is -2.33. The van der Waals surface area contributed by atoms with Gasteiger partial charge in [0.05, 0.1) is 48.3 Å². The molecule has 2 fully saturated rings. The Balaban J connectivity index is 1.03. The normalized spacial score (nSPS) is 18.9. The van der Waals surface area contributed by atoms with E-state index in [1.165, 1.54) is 39.9 Å². The third-order valence-electron chi connectivity index (χ3n) is 10.6. The number of aliphatic hydroxyl groups is 1. The number of halogens is 4. The van der Waals surface area contributed by atoms with E-state index in [-0.39, 0.29) is 37.3 Å². The molecule has 0 spiro atoms. The van der Waals surface area contributed by atoms with Gasteiger partial charge < -0.3 is 20.1 Å². The summed E-state index contributed by atoms with van der Waals surface area (Å²) >= 11 is 1.32. The molecule has 0 aliphatic carbocycles. The maximum atomic E-state index is 14.2. The summed E-state index contributed by atoms with van der Waals surface area (Å²) < 4.78 is 88.0. The van der Waals surface area contributed by atoms with Crippen LogP contribution in [0.4, 0.5) is 17.6 Å². The van der Waals surface area contributed by atoms with Crippen molar-refractivity contribution in [1.29, 1.82) is 0 Å². The van der Waals surface area contributed by atoms with Crippen LogP contribution in [0.2, 0.25) is 0 Å². The number of alkyl halides is 3. The highest BCUT2D eigenvalue weighted by Gasteiger charge is 2.34. The van der Waals surface area contributed by atoms with Crippen molar-refractivity contribution in [3.05, 3.63) is 75.5 Å². The number of carbonyl (C=O) groups excluding carboxylic acids is 1. The number of amides is 1. The molecule has 2 aromatic heterocycles. The van der Waals surface area contributed by atoms with Crippen LogP contribution in [0.1, 0.15) is 50.8 Å². The van der Waals surface area contributed by atoms with Gasteiger partial charge in [-0.15, -0.1) is 11.3 Å². The molecule has 2 saturated heterocycles. The quantitative estimate of drug-likeness (QED) is 0.213. The van der Waals surface area contributed by atoms with Crippen LogP contribution in [-0.2, 0) is 40.4 Å². The molecule has 11 nitrogen and oxygen atoms in total. The van der Waals surface area contributed by atoms with Gasteiger partial charge in [-0.05, 0) is 67.1 Å². The molecule has 0 bridgehead atoms. The zero-order valence-corrected chi connectivity index (χ0v) is 31.6. The predicted octanol–water partition coefficient (Wildman–Crippen LogP) is 4.54. The topological polar surface area (TPSA) is 120 Å². The maximum Gasteiger partial charge on any atom is 0.416 e. The van der Waals surface area contributed by atoms with Gasteiger partial charge in [-0.3, -0.25) is 14.4 Å². The van der Waals surface area contributed by atoms with E-state index in [0.29, 0.717) is 67.5 Å². The third-order valence-corrected chi connectivity index (χ3v) is 13.0. The highest BCUT2D eigenvalue weighted by molar-refractivity contribution is 7.88. The minimum Gasteiger partial charge on any atom is -0.390 e. The highest BCUT2D eigenvalue weighted by Crippen LogP contribution is 2.41. The number of nitrogens with one attached hydrogen (secondary N) is 1. The van der Waals surface area contributed by atoms with Gasteiger partial charge in [0, 0.05) is 73.8 Å². The molecule has 7 rings (SSSR count). The van der Waals surface area contributed by atoms with Crippen LogP contribution in [0.5, 0.6) is 0 Å². The molecule has 292 valence electrons. The number of hydrogen-bond acceptors (Lipinski definition) is 9. The van der Waals surface area contributed by atoms with Crippen molar-refractivity contribution in [2.24, 2.45) is 0 Å². The monoisotopic (exact) mass is 792 g/mol. The number of piperidine rings is 1. The molecule has 3 aliphatic rings. The molecule has 1 atom stereocenters. The van der Waals surface area contributed by atoms with E-state index < -0.39 is 27.9 Å². The highest BCUT2D eigenvalue weighted by atomic mass is 32.2. The number of benzene rings is 2. The number of carbonyl (C=O) groups is 1. The molecular weight excluding hydrogens is 749 g/mol. The van der Waals surface area contributed by atoms with Crippen molar-refractivity contribution in [3.63, 3.8) is 0 Å². The Morgan fingerprint density at radius 1 is 1.04 bits per heavy atom. The first-order valence-corrected chi connectivity index (χ1v) is 20.8. The fourth-order valence-electron chi connectivity index (χ4n) is 7.81. The van der Waals surface area contributed by atoms with Gasteiger partial charge in [0.2, 0.25) is 10.0 Å². The largest absolute Gasteiger partial charge is 0.416 e. The summed E-state index contributed by atoms with van der Waals surface area (Å²) in [6.07, 6.45) is -2.40. The fraction of sp³-hybridized carbons (Fsp3) is 0.514. The van der Waals surface area contributed by atoms with Gasteiger partial charge in [-0.25, -0.2) is 12.8 Å². The van der Waals surface area contributed by atoms with Crippen molar-refractivity contribution < 1.29 is 40.6 Å². The van der Waals surface area contributed by atoms with E-state index >= 15 is 0 Å². The number of aromatic nitrogens is 2. The van der Waals surface area contributed by atoms with Crippen molar-refractivity contribution >= 4 is 37.4 Å². The van der Waals surface area contributed by atoms with E-state index in [1.54, 1.807) is 10.7 Å². The number of hydrogen-bond donors (Lipinski definition) is 2. The Hall–Kier alpha value is -3.45. The summed E-state index contributed by atoms with van der Waals surface area (Å²) in [5.41, 5.74) is 2.34. The number of thiophene rings is 1. The van der Waals surface area contributed by atoms with Gasteiger partial charge in [0.25, 0.3) is 5.91 Å². The standard InChI is InChI=1S/C37H44F4N6O5S2/c1-54(50,51)46-14-10-31-30(23-46)34(25-2-4-26(5-3-25)37(39,40)41)43-47(31)22-28(48)21-45-12-8-24(9-13-45)33-29-7-6-27(38)20-32(29)53-35(33)36(49)42-11-15-44-16-18-52-19-17-44/h2-7,20,24,28,48H,8-19,21-23H2,1H3,(H,42,49). The second-order valence-corrected chi connectivity index (χ2v) is 17.3. The van der Waals surface area contributed by atoms with E-state index in [2.05, 4.69) is 15.1 Å². The van der Waals surface area contributed by atoms with Crippen molar-refractivity contribution in [2.75, 3.05) is 71.8 Å². The lowest BCUT2D eigenvalue weighted by molar-refractivity contribution is -0.137. The van der Waals surface area contributed by atoms with Crippen LogP contribution >= 0.6 is 11.3 Å². The zero-order chi connectivity index (χ0) is 38.2. The number of aliphatic hydroxyl groups excluding tert-OH is 1. The first-order chi connectivity index (χ1) is 25.7.